The summed E-state index contributed by atoms with van der Waals surface area (Å²) in [4.78, 5) is 10.6. The lowest BCUT2D eigenvalue weighted by molar-refractivity contribution is -0.385. The summed E-state index contributed by atoms with van der Waals surface area (Å²) in [6.45, 7) is 1.92. The highest BCUT2D eigenvalue weighted by Crippen LogP contribution is 2.31. The summed E-state index contributed by atoms with van der Waals surface area (Å²) in [6, 6.07) is 7.98. The number of aryl methyl sites for hydroxylation is 1. The van der Waals surface area contributed by atoms with Crippen molar-refractivity contribution in [2.45, 2.75) is 13.3 Å². The normalized spacial score (nSPS) is 10.7. The molecule has 9 nitrogen and oxygen atoms in total. The Balaban J connectivity index is 1.98. The highest BCUT2D eigenvalue weighted by atomic mass is 16.6. The SMILES string of the molecule is CCc1ccc(Oc2ccc3nnnn3n2)c([N+](=O)[O-])c1. The van der Waals surface area contributed by atoms with Crippen LogP contribution >= 0.6 is 0 Å². The van der Waals surface area contributed by atoms with E-state index in [1.54, 1.807) is 24.3 Å². The predicted octanol–water partition coefficient (Wildman–Crippen LogP) is 1.78. The molecule has 0 aliphatic rings. The summed E-state index contributed by atoms with van der Waals surface area (Å²) < 4.78 is 6.66. The van der Waals surface area contributed by atoms with Crippen LogP contribution in [0.1, 0.15) is 12.5 Å². The van der Waals surface area contributed by atoms with E-state index in [4.69, 9.17) is 4.74 Å². The van der Waals surface area contributed by atoms with Crippen molar-refractivity contribution in [1.29, 1.82) is 0 Å². The zero-order valence-electron chi connectivity index (χ0n) is 11.0. The Morgan fingerprint density at radius 2 is 2.19 bits per heavy atom. The third-order valence-corrected chi connectivity index (χ3v) is 2.89. The average Bonchev–Trinajstić information content (AvgIpc) is 2.95. The minimum Gasteiger partial charge on any atom is -0.430 e. The number of benzene rings is 1. The number of hydrogen-bond donors (Lipinski definition) is 0. The van der Waals surface area contributed by atoms with Crippen LogP contribution in [0.5, 0.6) is 11.6 Å². The Kier molecular flexibility index (Phi) is 3.14. The van der Waals surface area contributed by atoms with Crippen LogP contribution in [0.15, 0.2) is 30.3 Å². The molecule has 0 fully saturated rings. The van der Waals surface area contributed by atoms with E-state index >= 15 is 0 Å². The molecule has 3 rings (SSSR count). The average molecular weight is 286 g/mol. The lowest BCUT2D eigenvalue weighted by Gasteiger charge is -2.06. The van der Waals surface area contributed by atoms with E-state index in [0.717, 1.165) is 5.56 Å². The van der Waals surface area contributed by atoms with Crippen molar-refractivity contribution in [3.63, 3.8) is 0 Å². The fourth-order valence-electron chi connectivity index (χ4n) is 1.81. The van der Waals surface area contributed by atoms with Gasteiger partial charge in [-0.25, -0.2) is 0 Å². The van der Waals surface area contributed by atoms with Crippen molar-refractivity contribution in [3.8, 4) is 11.6 Å². The van der Waals surface area contributed by atoms with E-state index in [9.17, 15) is 10.1 Å². The molecule has 0 radical (unpaired) electrons. The van der Waals surface area contributed by atoms with Gasteiger partial charge in [0.1, 0.15) is 0 Å². The third kappa shape index (κ3) is 2.48. The largest absolute Gasteiger partial charge is 0.430 e. The number of rotatable bonds is 4. The van der Waals surface area contributed by atoms with Gasteiger partial charge in [0.2, 0.25) is 11.6 Å². The van der Waals surface area contributed by atoms with E-state index in [1.165, 1.54) is 10.7 Å². The highest BCUT2D eigenvalue weighted by molar-refractivity contribution is 5.50. The van der Waals surface area contributed by atoms with Gasteiger partial charge in [-0.15, -0.1) is 14.8 Å². The number of fused-ring (bicyclic) bond motifs is 1. The van der Waals surface area contributed by atoms with Crippen molar-refractivity contribution < 1.29 is 9.66 Å². The Labute approximate surface area is 118 Å². The summed E-state index contributed by atoms with van der Waals surface area (Å²) in [7, 11) is 0. The zero-order valence-corrected chi connectivity index (χ0v) is 11.0. The maximum Gasteiger partial charge on any atom is 0.311 e. The summed E-state index contributed by atoms with van der Waals surface area (Å²) in [5.41, 5.74) is 1.21. The lowest BCUT2D eigenvalue weighted by atomic mass is 10.1. The quantitative estimate of drug-likeness (QED) is 0.531. The van der Waals surface area contributed by atoms with Crippen LogP contribution in [0.3, 0.4) is 0 Å². The number of aromatic nitrogens is 5. The van der Waals surface area contributed by atoms with Gasteiger partial charge < -0.3 is 4.74 Å². The molecule has 2 heterocycles. The molecule has 9 heteroatoms. The zero-order chi connectivity index (χ0) is 14.8. The summed E-state index contributed by atoms with van der Waals surface area (Å²) in [5.74, 6) is 0.291. The first kappa shape index (κ1) is 12.9. The van der Waals surface area contributed by atoms with Gasteiger partial charge in [0.05, 0.1) is 4.92 Å². The second kappa shape index (κ2) is 5.12. The van der Waals surface area contributed by atoms with Gasteiger partial charge in [0, 0.05) is 12.1 Å². The Hall–Kier alpha value is -3.10. The number of nitrogens with zero attached hydrogens (tertiary/aromatic N) is 6. The molecule has 0 saturated carbocycles. The van der Waals surface area contributed by atoms with Crippen LogP contribution in [0, 0.1) is 10.1 Å². The number of tetrazole rings is 1. The molecule has 0 spiro atoms. The molecule has 0 bridgehead atoms. The number of hydrogen-bond acceptors (Lipinski definition) is 7. The minimum absolute atomic E-state index is 0.104. The summed E-state index contributed by atoms with van der Waals surface area (Å²) >= 11 is 0. The third-order valence-electron chi connectivity index (χ3n) is 2.89. The number of nitro benzene ring substituents is 1. The molecule has 106 valence electrons. The fraction of sp³-hybridized carbons (Fsp3) is 0.167. The maximum atomic E-state index is 11.1. The molecule has 2 aromatic heterocycles. The van der Waals surface area contributed by atoms with Crippen LogP contribution in [0.4, 0.5) is 5.69 Å². The van der Waals surface area contributed by atoms with Crippen molar-refractivity contribution in [2.75, 3.05) is 0 Å². The van der Waals surface area contributed by atoms with Crippen molar-refractivity contribution >= 4 is 11.3 Å². The molecular formula is C12H10N6O3. The Morgan fingerprint density at radius 3 is 2.95 bits per heavy atom. The molecule has 0 saturated heterocycles. The molecule has 0 N–H and O–H groups in total. The van der Waals surface area contributed by atoms with E-state index in [1.807, 2.05) is 6.92 Å². The second-order valence-corrected chi connectivity index (χ2v) is 4.21. The molecule has 0 aliphatic carbocycles. The lowest BCUT2D eigenvalue weighted by Crippen LogP contribution is -1.99. The number of ether oxygens (including phenoxy) is 1. The molecule has 0 unspecified atom stereocenters. The van der Waals surface area contributed by atoms with E-state index in [0.29, 0.717) is 12.1 Å². The highest BCUT2D eigenvalue weighted by Gasteiger charge is 2.17. The van der Waals surface area contributed by atoms with Crippen molar-refractivity contribution in [1.82, 2.24) is 25.3 Å². The van der Waals surface area contributed by atoms with Crippen LogP contribution in [0.25, 0.3) is 5.65 Å². The number of nitro groups is 1. The van der Waals surface area contributed by atoms with Crippen LogP contribution in [-0.4, -0.2) is 30.2 Å². The van der Waals surface area contributed by atoms with Gasteiger partial charge >= 0.3 is 5.69 Å². The fourth-order valence-corrected chi connectivity index (χ4v) is 1.81. The van der Waals surface area contributed by atoms with Gasteiger partial charge in [-0.3, -0.25) is 10.1 Å². The summed E-state index contributed by atoms with van der Waals surface area (Å²) in [6.07, 6.45) is 0.704. The topological polar surface area (TPSA) is 108 Å². The van der Waals surface area contributed by atoms with E-state index < -0.39 is 4.92 Å². The first-order valence-electron chi connectivity index (χ1n) is 6.18. The molecule has 0 atom stereocenters. The first-order valence-corrected chi connectivity index (χ1v) is 6.18. The van der Waals surface area contributed by atoms with E-state index in [-0.39, 0.29) is 17.3 Å². The maximum absolute atomic E-state index is 11.1. The standard InChI is InChI=1S/C12H10N6O3/c1-2-8-3-4-10(9(7-8)18(19)20)21-12-6-5-11-13-15-16-17(11)14-12/h3-7H,2H2,1H3. The summed E-state index contributed by atoms with van der Waals surface area (Å²) in [5, 5.41) is 25.9. The molecule has 1 aromatic carbocycles. The molecular weight excluding hydrogens is 276 g/mol. The van der Waals surface area contributed by atoms with Gasteiger partial charge in [0.25, 0.3) is 0 Å². The monoisotopic (exact) mass is 286 g/mol. The second-order valence-electron chi connectivity index (χ2n) is 4.21. The molecule has 0 amide bonds. The van der Waals surface area contributed by atoms with E-state index in [2.05, 4.69) is 20.6 Å². The predicted molar refractivity (Wildman–Crippen MR) is 71.1 cm³/mol. The van der Waals surface area contributed by atoms with Gasteiger partial charge in [-0.2, -0.15) is 0 Å². The molecule has 21 heavy (non-hydrogen) atoms. The van der Waals surface area contributed by atoms with Gasteiger partial charge in [-0.05, 0) is 34.5 Å². The van der Waals surface area contributed by atoms with Crippen molar-refractivity contribution in [2.24, 2.45) is 0 Å². The first-order chi connectivity index (χ1) is 10.2. The van der Waals surface area contributed by atoms with Crippen LogP contribution in [-0.2, 0) is 6.42 Å². The van der Waals surface area contributed by atoms with Gasteiger partial charge in [-0.1, -0.05) is 13.0 Å². The Morgan fingerprint density at radius 1 is 1.33 bits per heavy atom. The van der Waals surface area contributed by atoms with Crippen LogP contribution in [0.2, 0.25) is 0 Å². The smallest absolute Gasteiger partial charge is 0.311 e. The van der Waals surface area contributed by atoms with Crippen molar-refractivity contribution in [3.05, 3.63) is 46.0 Å². The Bertz CT molecular complexity index is 816. The molecule has 3 aromatic rings. The molecule has 0 aliphatic heterocycles. The minimum atomic E-state index is -0.482. The van der Waals surface area contributed by atoms with Crippen LogP contribution < -0.4 is 4.74 Å². The van der Waals surface area contributed by atoms with Gasteiger partial charge in [0.15, 0.2) is 5.65 Å².